The lowest BCUT2D eigenvalue weighted by molar-refractivity contribution is 0.0898. The Morgan fingerprint density at radius 3 is 2.88 bits per heavy atom. The van der Waals surface area contributed by atoms with Gasteiger partial charge in [-0.1, -0.05) is 6.07 Å². The zero-order valence-corrected chi connectivity index (χ0v) is 15.8. The van der Waals surface area contributed by atoms with Crippen LogP contribution < -0.4 is 10.9 Å². The summed E-state index contributed by atoms with van der Waals surface area (Å²) >= 11 is 5.44. The molecule has 2 N–H and O–H groups in total. The molecule has 6 heteroatoms. The highest BCUT2D eigenvalue weighted by molar-refractivity contribution is 7.80. The van der Waals surface area contributed by atoms with Gasteiger partial charge in [0.1, 0.15) is 0 Å². The van der Waals surface area contributed by atoms with Crippen molar-refractivity contribution in [2.24, 2.45) is 0 Å². The molecular formula is C19H25N3O2S. The lowest BCUT2D eigenvalue weighted by Crippen LogP contribution is -2.42. The van der Waals surface area contributed by atoms with Crippen molar-refractivity contribution in [2.75, 3.05) is 20.2 Å². The van der Waals surface area contributed by atoms with E-state index in [0.717, 1.165) is 47.0 Å². The van der Waals surface area contributed by atoms with Gasteiger partial charge in [0.2, 0.25) is 0 Å². The normalized spacial score (nSPS) is 17.0. The molecule has 0 radical (unpaired) electrons. The summed E-state index contributed by atoms with van der Waals surface area (Å²) in [5, 5.41) is 4.74. The fourth-order valence-corrected chi connectivity index (χ4v) is 3.59. The first kappa shape index (κ1) is 17.9. The number of rotatable bonds is 4. The maximum absolute atomic E-state index is 12.6. The van der Waals surface area contributed by atoms with Crippen LogP contribution in [0.3, 0.4) is 0 Å². The summed E-state index contributed by atoms with van der Waals surface area (Å²) in [6.45, 7) is 6.08. The number of pyridine rings is 1. The Hall–Kier alpha value is -1.92. The fourth-order valence-electron chi connectivity index (χ4n) is 3.45. The fraction of sp³-hybridized carbons (Fsp3) is 0.474. The molecule has 2 heterocycles. The van der Waals surface area contributed by atoms with Crippen molar-refractivity contribution in [3.05, 3.63) is 45.2 Å². The van der Waals surface area contributed by atoms with Gasteiger partial charge in [-0.2, -0.15) is 0 Å². The topological polar surface area (TPSA) is 57.4 Å². The predicted molar refractivity (Wildman–Crippen MR) is 105 cm³/mol. The lowest BCUT2D eigenvalue weighted by atomic mass is 10.0. The summed E-state index contributed by atoms with van der Waals surface area (Å²) in [7, 11) is 1.81. The van der Waals surface area contributed by atoms with E-state index in [4.69, 9.17) is 17.0 Å². The van der Waals surface area contributed by atoms with E-state index in [-0.39, 0.29) is 11.7 Å². The molecule has 0 saturated carbocycles. The maximum atomic E-state index is 12.6. The molecule has 1 aromatic carbocycles. The molecular weight excluding hydrogens is 334 g/mol. The molecule has 134 valence electrons. The van der Waals surface area contributed by atoms with Crippen LogP contribution in [0.25, 0.3) is 10.9 Å². The van der Waals surface area contributed by atoms with E-state index in [1.54, 1.807) is 0 Å². The minimum atomic E-state index is -0.0613. The van der Waals surface area contributed by atoms with Crippen molar-refractivity contribution >= 4 is 28.2 Å². The average molecular weight is 359 g/mol. The summed E-state index contributed by atoms with van der Waals surface area (Å²) < 4.78 is 5.73. The molecule has 1 fully saturated rings. The Kier molecular flexibility index (Phi) is 5.39. The molecule has 1 aliphatic heterocycles. The number of hydrogen-bond donors (Lipinski definition) is 2. The molecule has 0 unspecified atom stereocenters. The van der Waals surface area contributed by atoms with E-state index in [1.165, 1.54) is 0 Å². The lowest BCUT2D eigenvalue weighted by Gasteiger charge is -2.27. The van der Waals surface area contributed by atoms with Crippen LogP contribution in [0.5, 0.6) is 0 Å². The number of aryl methyl sites for hydroxylation is 2. The molecule has 1 aliphatic rings. The van der Waals surface area contributed by atoms with E-state index >= 15 is 0 Å². The first-order valence-electron chi connectivity index (χ1n) is 8.69. The number of aromatic amines is 1. The van der Waals surface area contributed by atoms with Crippen LogP contribution in [0.4, 0.5) is 0 Å². The Labute approximate surface area is 153 Å². The summed E-state index contributed by atoms with van der Waals surface area (Å²) in [6.07, 6.45) is 2.30. The molecule has 1 saturated heterocycles. The third kappa shape index (κ3) is 4.02. The van der Waals surface area contributed by atoms with Crippen molar-refractivity contribution < 1.29 is 4.74 Å². The van der Waals surface area contributed by atoms with Crippen LogP contribution in [-0.2, 0) is 11.3 Å². The zero-order valence-electron chi connectivity index (χ0n) is 15.0. The molecule has 3 rings (SSSR count). The SMILES string of the molecule is CNC(=S)N(Cc1cc2c(C)cc(C)cc2[nH]c1=O)C[C@H]1CCCO1. The maximum Gasteiger partial charge on any atom is 0.253 e. The highest BCUT2D eigenvalue weighted by Gasteiger charge is 2.21. The quantitative estimate of drug-likeness (QED) is 0.822. The van der Waals surface area contributed by atoms with Crippen molar-refractivity contribution in [3.8, 4) is 0 Å². The van der Waals surface area contributed by atoms with Crippen LogP contribution in [-0.4, -0.2) is 41.3 Å². The molecule has 5 nitrogen and oxygen atoms in total. The first-order valence-corrected chi connectivity index (χ1v) is 9.10. The number of thiocarbonyl (C=S) groups is 1. The molecule has 0 spiro atoms. The van der Waals surface area contributed by atoms with Crippen LogP contribution >= 0.6 is 12.2 Å². The second kappa shape index (κ2) is 7.54. The summed E-state index contributed by atoms with van der Waals surface area (Å²) in [4.78, 5) is 17.6. The number of nitrogens with zero attached hydrogens (tertiary/aromatic N) is 1. The summed E-state index contributed by atoms with van der Waals surface area (Å²) in [6, 6.07) is 6.13. The number of ether oxygens (including phenoxy) is 1. The molecule has 0 amide bonds. The van der Waals surface area contributed by atoms with Gasteiger partial charge in [0, 0.05) is 36.7 Å². The number of benzene rings is 1. The number of nitrogens with one attached hydrogen (secondary N) is 2. The van der Waals surface area contributed by atoms with Gasteiger partial charge in [-0.3, -0.25) is 4.79 Å². The molecule has 0 bridgehead atoms. The van der Waals surface area contributed by atoms with Crippen LogP contribution in [0.1, 0.15) is 29.5 Å². The Morgan fingerprint density at radius 2 is 2.20 bits per heavy atom. The molecule has 2 aromatic rings. The highest BCUT2D eigenvalue weighted by atomic mass is 32.1. The van der Waals surface area contributed by atoms with Crippen molar-refractivity contribution in [2.45, 2.75) is 39.3 Å². The monoisotopic (exact) mass is 359 g/mol. The standard InChI is InChI=1S/C19H25N3O2S/c1-12-7-13(2)16-9-14(18(23)21-17(16)8-12)10-22(19(25)20-3)11-15-5-4-6-24-15/h7-9,15H,4-6,10-11H2,1-3H3,(H,20,25)(H,21,23)/t15-/m1/s1. The second-order valence-corrected chi connectivity index (χ2v) is 7.12. The number of aromatic nitrogens is 1. The predicted octanol–water partition coefficient (Wildman–Crippen LogP) is 2.63. The van der Waals surface area contributed by atoms with Gasteiger partial charge in [0.25, 0.3) is 5.56 Å². The number of hydrogen-bond acceptors (Lipinski definition) is 3. The number of fused-ring (bicyclic) bond motifs is 1. The van der Waals surface area contributed by atoms with E-state index in [2.05, 4.69) is 23.3 Å². The third-order valence-electron chi connectivity index (χ3n) is 4.70. The zero-order chi connectivity index (χ0) is 18.0. The average Bonchev–Trinajstić information content (AvgIpc) is 3.07. The van der Waals surface area contributed by atoms with Crippen LogP contribution in [0.15, 0.2) is 23.0 Å². The van der Waals surface area contributed by atoms with Gasteiger partial charge in [-0.15, -0.1) is 0 Å². The van der Waals surface area contributed by atoms with E-state index in [1.807, 2.05) is 31.0 Å². The van der Waals surface area contributed by atoms with Crippen molar-refractivity contribution in [3.63, 3.8) is 0 Å². The summed E-state index contributed by atoms with van der Waals surface area (Å²) in [5.41, 5.74) is 3.84. The molecule has 25 heavy (non-hydrogen) atoms. The Balaban J connectivity index is 1.91. The molecule has 0 aliphatic carbocycles. The van der Waals surface area contributed by atoms with E-state index in [0.29, 0.717) is 18.2 Å². The van der Waals surface area contributed by atoms with Crippen molar-refractivity contribution in [1.82, 2.24) is 15.2 Å². The van der Waals surface area contributed by atoms with E-state index < -0.39 is 0 Å². The largest absolute Gasteiger partial charge is 0.376 e. The minimum Gasteiger partial charge on any atom is -0.376 e. The number of H-pyrrole nitrogens is 1. The Morgan fingerprint density at radius 1 is 1.40 bits per heavy atom. The Bertz CT molecular complexity index is 840. The highest BCUT2D eigenvalue weighted by Crippen LogP contribution is 2.20. The van der Waals surface area contributed by atoms with Gasteiger partial charge in [0.05, 0.1) is 12.6 Å². The molecule has 1 atom stereocenters. The van der Waals surface area contributed by atoms with Gasteiger partial charge in [-0.25, -0.2) is 0 Å². The summed E-state index contributed by atoms with van der Waals surface area (Å²) in [5.74, 6) is 0. The third-order valence-corrected chi connectivity index (χ3v) is 5.16. The van der Waals surface area contributed by atoms with Gasteiger partial charge in [-0.05, 0) is 62.2 Å². The van der Waals surface area contributed by atoms with Crippen molar-refractivity contribution in [1.29, 1.82) is 0 Å². The van der Waals surface area contributed by atoms with Gasteiger partial charge >= 0.3 is 0 Å². The van der Waals surface area contributed by atoms with E-state index in [9.17, 15) is 4.79 Å². The van der Waals surface area contributed by atoms with Crippen LogP contribution in [0, 0.1) is 13.8 Å². The smallest absolute Gasteiger partial charge is 0.253 e. The first-order chi connectivity index (χ1) is 12.0. The van der Waals surface area contributed by atoms with Crippen LogP contribution in [0.2, 0.25) is 0 Å². The van der Waals surface area contributed by atoms with Gasteiger partial charge in [0.15, 0.2) is 5.11 Å². The minimum absolute atomic E-state index is 0.0613. The molecule has 1 aromatic heterocycles. The van der Waals surface area contributed by atoms with Gasteiger partial charge < -0.3 is 19.9 Å². The second-order valence-electron chi connectivity index (χ2n) is 6.74.